The zero-order valence-corrected chi connectivity index (χ0v) is 22.6. The second-order valence-corrected chi connectivity index (χ2v) is 12.8. The molecule has 2 aliphatic rings. The lowest BCUT2D eigenvalue weighted by Crippen LogP contribution is -2.40. The normalized spacial score (nSPS) is 22.0. The topological polar surface area (TPSA) is 96.1 Å². The van der Waals surface area contributed by atoms with Crippen molar-refractivity contribution in [3.63, 3.8) is 0 Å². The fraction of sp³-hybridized carbons (Fsp3) is 0.414. The van der Waals surface area contributed by atoms with E-state index >= 15 is 0 Å². The van der Waals surface area contributed by atoms with Gasteiger partial charge in [0.05, 0.1) is 29.0 Å². The monoisotopic (exact) mass is 570 g/mol. The first kappa shape index (κ1) is 27.9. The number of aromatic nitrogens is 2. The van der Waals surface area contributed by atoms with Crippen LogP contribution < -0.4 is 4.90 Å². The van der Waals surface area contributed by atoms with Gasteiger partial charge in [0.1, 0.15) is 11.6 Å². The number of nitrogens with zero attached hydrogens (tertiary/aromatic N) is 4. The third-order valence-corrected chi connectivity index (χ3v) is 9.40. The summed E-state index contributed by atoms with van der Waals surface area (Å²) < 4.78 is 67.8. The molecule has 1 saturated heterocycles. The number of benzene rings is 2. The number of rotatable bonds is 7. The Hall–Kier alpha value is -3.65. The van der Waals surface area contributed by atoms with Crippen molar-refractivity contribution < 1.29 is 26.4 Å². The molecule has 7 nitrogen and oxygen atoms in total. The van der Waals surface area contributed by atoms with E-state index in [0.29, 0.717) is 30.0 Å². The molecule has 2 aromatic carbocycles. The van der Waals surface area contributed by atoms with Gasteiger partial charge in [-0.2, -0.15) is 10.4 Å². The van der Waals surface area contributed by atoms with Gasteiger partial charge in [-0.25, -0.2) is 26.3 Å². The largest absolute Gasteiger partial charge is 0.369 e. The molecule has 0 spiro atoms. The highest BCUT2D eigenvalue weighted by atomic mass is 32.2. The van der Waals surface area contributed by atoms with Gasteiger partial charge in [0.15, 0.2) is 9.84 Å². The van der Waals surface area contributed by atoms with Crippen LogP contribution in [0, 0.1) is 23.1 Å². The van der Waals surface area contributed by atoms with Crippen LogP contribution in [0.1, 0.15) is 43.7 Å². The van der Waals surface area contributed by atoms with Crippen molar-refractivity contribution >= 4 is 21.3 Å². The third-order valence-electron chi connectivity index (χ3n) is 7.80. The number of halogens is 3. The summed E-state index contributed by atoms with van der Waals surface area (Å²) in [6, 6.07) is 15.2. The predicted octanol–water partition coefficient (Wildman–Crippen LogP) is 5.31. The van der Waals surface area contributed by atoms with E-state index < -0.39 is 39.8 Å². The van der Waals surface area contributed by atoms with Crippen LogP contribution in [0.5, 0.6) is 0 Å². The van der Waals surface area contributed by atoms with Crippen LogP contribution in [0.15, 0.2) is 54.7 Å². The number of ketones is 1. The number of nitriles is 1. The molecule has 1 aromatic heterocycles. The first-order valence-electron chi connectivity index (χ1n) is 13.2. The summed E-state index contributed by atoms with van der Waals surface area (Å²) in [4.78, 5) is 15.0. The fourth-order valence-corrected chi connectivity index (χ4v) is 6.80. The van der Waals surface area contributed by atoms with Crippen LogP contribution in [0.3, 0.4) is 0 Å². The van der Waals surface area contributed by atoms with E-state index in [1.807, 2.05) is 35.2 Å². The van der Waals surface area contributed by atoms with Crippen LogP contribution in [0.25, 0.3) is 16.8 Å². The summed E-state index contributed by atoms with van der Waals surface area (Å²) in [5.41, 5.74) is 3.39. The van der Waals surface area contributed by atoms with Gasteiger partial charge in [0.25, 0.3) is 0 Å². The lowest BCUT2D eigenvalue weighted by atomic mass is 9.72. The van der Waals surface area contributed by atoms with Gasteiger partial charge in [-0.15, -0.1) is 0 Å². The fourth-order valence-electron chi connectivity index (χ4n) is 5.60. The molecule has 210 valence electrons. The van der Waals surface area contributed by atoms with E-state index in [-0.39, 0.29) is 43.0 Å². The Balaban J connectivity index is 1.53. The van der Waals surface area contributed by atoms with Gasteiger partial charge in [0, 0.05) is 68.1 Å². The Labute approximate surface area is 231 Å². The average Bonchev–Trinajstić information content (AvgIpc) is 3.37. The molecular weight excluding hydrogens is 541 g/mol. The maximum atomic E-state index is 14.5. The van der Waals surface area contributed by atoms with Crippen molar-refractivity contribution in [2.75, 3.05) is 29.5 Å². The average molecular weight is 571 g/mol. The maximum Gasteiger partial charge on any atom is 0.248 e. The lowest BCUT2D eigenvalue weighted by Gasteiger charge is -2.35. The molecule has 1 aliphatic carbocycles. The summed E-state index contributed by atoms with van der Waals surface area (Å²) in [5.74, 6) is -5.13. The summed E-state index contributed by atoms with van der Waals surface area (Å²) in [6.07, 6.45) is 0.713. The molecule has 0 radical (unpaired) electrons. The van der Waals surface area contributed by atoms with Crippen molar-refractivity contribution in [1.29, 1.82) is 5.26 Å². The van der Waals surface area contributed by atoms with E-state index in [1.54, 1.807) is 23.0 Å². The second kappa shape index (κ2) is 11.1. The Bertz CT molecular complexity index is 1520. The van der Waals surface area contributed by atoms with Crippen molar-refractivity contribution in [2.45, 2.75) is 43.9 Å². The number of alkyl halides is 2. The zero-order valence-electron chi connectivity index (χ0n) is 21.8. The molecule has 11 heteroatoms. The Morgan fingerprint density at radius 1 is 1.05 bits per heavy atom. The smallest absolute Gasteiger partial charge is 0.248 e. The summed E-state index contributed by atoms with van der Waals surface area (Å²) >= 11 is 0. The highest BCUT2D eigenvalue weighted by molar-refractivity contribution is 7.91. The molecule has 0 bridgehead atoms. The van der Waals surface area contributed by atoms with Gasteiger partial charge < -0.3 is 4.90 Å². The molecule has 0 N–H and O–H groups in total. The Morgan fingerprint density at radius 3 is 2.35 bits per heavy atom. The number of hydrogen-bond donors (Lipinski definition) is 0. The molecule has 2 atom stereocenters. The van der Waals surface area contributed by atoms with Crippen molar-refractivity contribution in [2.24, 2.45) is 5.92 Å². The molecule has 1 saturated carbocycles. The van der Waals surface area contributed by atoms with E-state index in [4.69, 9.17) is 10.4 Å². The van der Waals surface area contributed by atoms with E-state index in [1.165, 1.54) is 12.1 Å². The maximum absolute atomic E-state index is 14.5. The number of Topliss-reactive ketones (excluding diaryl/α,β-unsaturated/α-hetero) is 1. The molecule has 5 rings (SSSR count). The van der Waals surface area contributed by atoms with Crippen molar-refractivity contribution in [1.82, 2.24) is 9.78 Å². The van der Waals surface area contributed by atoms with Crippen LogP contribution in [0.4, 0.5) is 18.9 Å². The summed E-state index contributed by atoms with van der Waals surface area (Å²) in [6.45, 7) is 0.802. The minimum absolute atomic E-state index is 0.0379. The van der Waals surface area contributed by atoms with Gasteiger partial charge in [-0.05, 0) is 48.4 Å². The van der Waals surface area contributed by atoms with Gasteiger partial charge >= 0.3 is 0 Å². The molecule has 0 amide bonds. The summed E-state index contributed by atoms with van der Waals surface area (Å²) in [7, 11) is -3.02. The molecule has 2 heterocycles. The van der Waals surface area contributed by atoms with Gasteiger partial charge in [-0.1, -0.05) is 12.1 Å². The van der Waals surface area contributed by atoms with Crippen LogP contribution in [-0.4, -0.2) is 54.5 Å². The minimum atomic E-state index is -3.02. The number of carbonyl (C=O) groups excluding carboxylic acids is 1. The van der Waals surface area contributed by atoms with Crippen LogP contribution >= 0.6 is 0 Å². The predicted molar refractivity (Wildman–Crippen MR) is 145 cm³/mol. The Morgan fingerprint density at radius 2 is 1.70 bits per heavy atom. The molecule has 1 aliphatic heterocycles. The van der Waals surface area contributed by atoms with E-state index in [9.17, 15) is 26.4 Å². The SMILES string of the molecule is N#CCCC(=O)[C@@H]1CC(F)(F)CC[C@H]1c1nn(-c2ccc(F)cc2)cc1-c1ccc(N2CCS(=O)(=O)CC2)cc1. The van der Waals surface area contributed by atoms with Crippen molar-refractivity contribution in [3.8, 4) is 22.9 Å². The minimum Gasteiger partial charge on any atom is -0.369 e. The molecular formula is C29H29F3N4O3S. The standard InChI is InChI=1S/C29H29F3N4O3S/c30-21-5-9-23(10-6-21)36-19-26(20-3-7-22(8-4-20)35-14-16-40(38,39)17-15-35)28(34-36)24-11-12-29(31,32)18-25(24)27(37)2-1-13-33/h3-10,19,24-25H,1-2,11-12,14-18H2/t24-,25-/m1/s1. The van der Waals surface area contributed by atoms with Gasteiger partial charge in [-0.3, -0.25) is 4.79 Å². The highest BCUT2D eigenvalue weighted by Gasteiger charge is 2.46. The number of carbonyl (C=O) groups is 1. The first-order valence-corrected chi connectivity index (χ1v) is 15.1. The first-order chi connectivity index (χ1) is 19.0. The van der Waals surface area contributed by atoms with Crippen LogP contribution in [-0.2, 0) is 14.6 Å². The zero-order chi connectivity index (χ0) is 28.5. The molecule has 2 fully saturated rings. The molecule has 40 heavy (non-hydrogen) atoms. The second-order valence-electron chi connectivity index (χ2n) is 10.5. The van der Waals surface area contributed by atoms with Gasteiger partial charge in [0.2, 0.25) is 5.92 Å². The number of anilines is 1. The number of sulfone groups is 1. The summed E-state index contributed by atoms with van der Waals surface area (Å²) in [5, 5.41) is 13.7. The van der Waals surface area contributed by atoms with Crippen LogP contribution in [0.2, 0.25) is 0 Å². The van der Waals surface area contributed by atoms with E-state index in [0.717, 1.165) is 11.3 Å². The Kier molecular flexibility index (Phi) is 7.73. The van der Waals surface area contributed by atoms with E-state index in [2.05, 4.69) is 0 Å². The molecule has 3 aromatic rings. The third kappa shape index (κ3) is 6.07. The van der Waals surface area contributed by atoms with Crippen molar-refractivity contribution in [3.05, 3.63) is 66.2 Å². The molecule has 0 unspecified atom stereocenters. The highest BCUT2D eigenvalue weighted by Crippen LogP contribution is 2.47. The lowest BCUT2D eigenvalue weighted by molar-refractivity contribution is -0.131. The number of hydrogen-bond acceptors (Lipinski definition) is 6. The quantitative estimate of drug-likeness (QED) is 0.382.